The first kappa shape index (κ1) is 13.0. The van der Waals surface area contributed by atoms with Crippen LogP contribution in [0.25, 0.3) is 0 Å². The Hall–Kier alpha value is -1.10. The van der Waals surface area contributed by atoms with Gasteiger partial charge in [-0.05, 0) is 19.3 Å². The van der Waals surface area contributed by atoms with Gasteiger partial charge in [0.25, 0.3) is 0 Å². The number of rotatable bonds is 3. The van der Waals surface area contributed by atoms with E-state index in [2.05, 4.69) is 37.9 Å². The summed E-state index contributed by atoms with van der Waals surface area (Å²) in [6.45, 7) is 10.5. The highest BCUT2D eigenvalue weighted by Gasteiger charge is 2.27. The molecule has 0 saturated carbocycles. The molecule has 0 aliphatic heterocycles. The molecule has 0 saturated heterocycles. The average Bonchev–Trinajstić information content (AvgIpc) is 2.62. The van der Waals surface area contributed by atoms with Crippen LogP contribution in [-0.4, -0.2) is 23.3 Å². The Morgan fingerprint density at radius 2 is 1.81 bits per heavy atom. The van der Waals surface area contributed by atoms with Crippen LogP contribution in [0.4, 0.5) is 6.01 Å². The van der Waals surface area contributed by atoms with E-state index >= 15 is 0 Å². The molecule has 2 unspecified atom stereocenters. The van der Waals surface area contributed by atoms with Crippen molar-refractivity contribution < 1.29 is 4.42 Å². The van der Waals surface area contributed by atoms with Crippen LogP contribution in [0.5, 0.6) is 0 Å². The summed E-state index contributed by atoms with van der Waals surface area (Å²) in [4.78, 5) is 1.98. The quantitative estimate of drug-likeness (QED) is 0.853. The molecule has 5 nitrogen and oxygen atoms in total. The molecule has 1 rings (SSSR count). The van der Waals surface area contributed by atoms with Gasteiger partial charge in [0.1, 0.15) is 0 Å². The Morgan fingerprint density at radius 1 is 1.25 bits per heavy atom. The van der Waals surface area contributed by atoms with Crippen molar-refractivity contribution in [2.24, 2.45) is 11.1 Å². The smallest absolute Gasteiger partial charge is 0.318 e. The van der Waals surface area contributed by atoms with Crippen molar-refractivity contribution in [3.63, 3.8) is 0 Å². The highest BCUT2D eigenvalue weighted by Crippen LogP contribution is 2.26. The van der Waals surface area contributed by atoms with E-state index in [1.165, 1.54) is 0 Å². The fourth-order valence-electron chi connectivity index (χ4n) is 1.30. The first-order valence-corrected chi connectivity index (χ1v) is 5.55. The van der Waals surface area contributed by atoms with E-state index in [0.29, 0.717) is 17.9 Å². The highest BCUT2D eigenvalue weighted by molar-refractivity contribution is 5.25. The zero-order chi connectivity index (χ0) is 12.5. The summed E-state index contributed by atoms with van der Waals surface area (Å²) in [7, 11) is 1.95. The van der Waals surface area contributed by atoms with Crippen LogP contribution in [0.2, 0.25) is 0 Å². The number of nitrogens with two attached hydrogens (primary N) is 1. The summed E-state index contributed by atoms with van der Waals surface area (Å²) in [5.74, 6) is 0.475. The Kier molecular flexibility index (Phi) is 3.57. The maximum Gasteiger partial charge on any atom is 0.318 e. The Labute approximate surface area is 97.0 Å². The Morgan fingerprint density at radius 3 is 2.19 bits per heavy atom. The fourth-order valence-corrected chi connectivity index (χ4v) is 1.30. The van der Waals surface area contributed by atoms with Crippen molar-refractivity contribution in [2.75, 3.05) is 11.9 Å². The molecule has 0 aliphatic carbocycles. The van der Waals surface area contributed by atoms with E-state index in [1.807, 2.05) is 18.9 Å². The topological polar surface area (TPSA) is 68.2 Å². The molecule has 0 aliphatic rings. The van der Waals surface area contributed by atoms with Crippen LogP contribution in [0.15, 0.2) is 4.42 Å². The molecule has 0 bridgehead atoms. The van der Waals surface area contributed by atoms with E-state index in [-0.39, 0.29) is 11.5 Å². The van der Waals surface area contributed by atoms with Crippen LogP contribution in [-0.2, 0) is 0 Å². The van der Waals surface area contributed by atoms with Gasteiger partial charge in [-0.25, -0.2) is 0 Å². The molecule has 16 heavy (non-hydrogen) atoms. The second-order valence-corrected chi connectivity index (χ2v) is 5.36. The minimum atomic E-state index is -0.223. The molecule has 5 heteroatoms. The van der Waals surface area contributed by atoms with Crippen molar-refractivity contribution in [3.8, 4) is 0 Å². The molecule has 92 valence electrons. The molecular formula is C11H22N4O. The zero-order valence-electron chi connectivity index (χ0n) is 11.0. The van der Waals surface area contributed by atoms with E-state index in [0.717, 1.165) is 0 Å². The van der Waals surface area contributed by atoms with Gasteiger partial charge in [-0.1, -0.05) is 25.9 Å². The number of hydrogen-bond donors (Lipinski definition) is 1. The molecule has 1 aromatic rings. The predicted molar refractivity (Wildman–Crippen MR) is 64.2 cm³/mol. The Balaban J connectivity index is 2.84. The minimum Gasteiger partial charge on any atom is -0.406 e. The van der Waals surface area contributed by atoms with Gasteiger partial charge in [0, 0.05) is 13.1 Å². The van der Waals surface area contributed by atoms with Crippen molar-refractivity contribution in [1.82, 2.24) is 10.2 Å². The van der Waals surface area contributed by atoms with Crippen LogP contribution in [0.1, 0.15) is 46.6 Å². The van der Waals surface area contributed by atoms with Gasteiger partial charge in [-0.15, -0.1) is 5.10 Å². The summed E-state index contributed by atoms with van der Waals surface area (Å²) in [6, 6.07) is 0.600. The maximum absolute atomic E-state index is 5.67. The lowest BCUT2D eigenvalue weighted by Gasteiger charge is -2.34. The third-order valence-electron chi connectivity index (χ3n) is 2.96. The number of anilines is 1. The lowest BCUT2D eigenvalue weighted by atomic mass is 9.87. The van der Waals surface area contributed by atoms with Crippen molar-refractivity contribution in [1.29, 1.82) is 0 Å². The van der Waals surface area contributed by atoms with Crippen LogP contribution in [0.3, 0.4) is 0 Å². The molecule has 0 fully saturated rings. The molecule has 1 heterocycles. The largest absolute Gasteiger partial charge is 0.406 e. The van der Waals surface area contributed by atoms with Gasteiger partial charge in [-0.2, -0.15) is 0 Å². The van der Waals surface area contributed by atoms with Gasteiger partial charge in [0.15, 0.2) is 0 Å². The molecule has 1 aromatic heterocycles. The van der Waals surface area contributed by atoms with Gasteiger partial charge >= 0.3 is 6.01 Å². The summed E-state index contributed by atoms with van der Waals surface area (Å²) in [5.41, 5.74) is 5.82. The number of nitrogens with zero attached hydrogens (tertiary/aromatic N) is 3. The molecule has 0 spiro atoms. The predicted octanol–water partition coefficient (Wildman–Crippen LogP) is 1.96. The summed E-state index contributed by atoms with van der Waals surface area (Å²) < 4.78 is 5.50. The first-order chi connectivity index (χ1) is 7.23. The van der Waals surface area contributed by atoms with Gasteiger partial charge < -0.3 is 15.1 Å². The monoisotopic (exact) mass is 226 g/mol. The Bertz CT molecular complexity index is 340. The summed E-state index contributed by atoms with van der Waals surface area (Å²) >= 11 is 0. The van der Waals surface area contributed by atoms with Gasteiger partial charge in [0.05, 0.1) is 6.04 Å². The van der Waals surface area contributed by atoms with Crippen LogP contribution in [0, 0.1) is 5.41 Å². The van der Waals surface area contributed by atoms with Crippen LogP contribution < -0.4 is 10.6 Å². The van der Waals surface area contributed by atoms with Crippen molar-refractivity contribution in [2.45, 2.75) is 46.7 Å². The molecular weight excluding hydrogens is 204 g/mol. The lowest BCUT2D eigenvalue weighted by molar-refractivity contribution is 0.315. The average molecular weight is 226 g/mol. The lowest BCUT2D eigenvalue weighted by Crippen LogP contribution is -2.39. The van der Waals surface area contributed by atoms with Crippen molar-refractivity contribution in [3.05, 3.63) is 5.89 Å². The molecule has 0 radical (unpaired) electrons. The number of hydrogen-bond acceptors (Lipinski definition) is 5. The normalized spacial score (nSPS) is 15.9. The molecule has 0 aromatic carbocycles. The third-order valence-corrected chi connectivity index (χ3v) is 2.96. The zero-order valence-corrected chi connectivity index (χ0v) is 11.0. The fraction of sp³-hybridized carbons (Fsp3) is 0.818. The molecule has 2 N–H and O–H groups in total. The van der Waals surface area contributed by atoms with Gasteiger partial charge in [-0.3, -0.25) is 0 Å². The van der Waals surface area contributed by atoms with Gasteiger partial charge in [0.2, 0.25) is 5.89 Å². The summed E-state index contributed by atoms with van der Waals surface area (Å²) in [5, 5.41) is 7.92. The third kappa shape index (κ3) is 2.72. The maximum atomic E-state index is 5.67. The molecule has 2 atom stereocenters. The minimum absolute atomic E-state index is 0.151. The first-order valence-electron chi connectivity index (χ1n) is 5.55. The van der Waals surface area contributed by atoms with E-state index in [9.17, 15) is 0 Å². The van der Waals surface area contributed by atoms with E-state index in [1.54, 1.807) is 0 Å². The highest BCUT2D eigenvalue weighted by atomic mass is 16.4. The second-order valence-electron chi connectivity index (χ2n) is 5.36. The SMILES string of the molecule is CC(N)c1nnc(N(C)C(C)C(C)(C)C)o1. The van der Waals surface area contributed by atoms with Crippen molar-refractivity contribution >= 4 is 6.01 Å². The standard InChI is InChI=1S/C11H22N4O/c1-7(12)9-13-14-10(16-9)15(6)8(2)11(3,4)5/h7-8H,12H2,1-6H3. The van der Waals surface area contributed by atoms with E-state index < -0.39 is 0 Å². The van der Waals surface area contributed by atoms with E-state index in [4.69, 9.17) is 10.2 Å². The molecule has 0 amide bonds. The number of aromatic nitrogens is 2. The summed E-state index contributed by atoms with van der Waals surface area (Å²) in [6.07, 6.45) is 0. The van der Waals surface area contributed by atoms with Crippen LogP contribution >= 0.6 is 0 Å². The second kappa shape index (κ2) is 4.41.